The van der Waals surface area contributed by atoms with Gasteiger partial charge in [-0.2, -0.15) is 0 Å². The smallest absolute Gasteiger partial charge is 0.261 e. The Morgan fingerprint density at radius 3 is 2.41 bits per heavy atom. The van der Waals surface area contributed by atoms with Gasteiger partial charge in [0.2, 0.25) is 0 Å². The van der Waals surface area contributed by atoms with Gasteiger partial charge in [-0.25, -0.2) is 0 Å². The van der Waals surface area contributed by atoms with E-state index in [1.54, 1.807) is 44.6 Å². The molecule has 0 atom stereocenters. The highest BCUT2D eigenvalue weighted by atomic mass is 16.6. The maximum Gasteiger partial charge on any atom is 0.261 e. The molecule has 2 aromatic rings. The molecule has 0 fully saturated rings. The number of benzene rings is 2. The molecule has 0 heterocycles. The van der Waals surface area contributed by atoms with Crippen LogP contribution in [0, 0.1) is 0 Å². The fourth-order valence-corrected chi connectivity index (χ4v) is 2.31. The number of hydrogen-bond donors (Lipinski definition) is 2. The lowest BCUT2D eigenvalue weighted by Gasteiger charge is -2.10. The van der Waals surface area contributed by atoms with Gasteiger partial charge < -0.3 is 30.1 Å². The number of carbonyl (C=O) groups excluding carboxylic acids is 1. The molecule has 0 radical (unpaired) electrons. The lowest BCUT2D eigenvalue weighted by molar-refractivity contribution is -0.125. The van der Waals surface area contributed by atoms with E-state index in [1.807, 2.05) is 12.1 Å². The number of methoxy groups -OCH3 is 3. The summed E-state index contributed by atoms with van der Waals surface area (Å²) in [6.07, 6.45) is 0. The van der Waals surface area contributed by atoms with Gasteiger partial charge in [0.05, 0.1) is 26.9 Å². The van der Waals surface area contributed by atoms with Crippen molar-refractivity contribution < 1.29 is 23.8 Å². The molecule has 8 nitrogen and oxygen atoms in total. The number of nitrogens with two attached hydrogens (primary N) is 1. The van der Waals surface area contributed by atoms with Crippen molar-refractivity contribution in [3.05, 3.63) is 53.6 Å². The predicted molar refractivity (Wildman–Crippen MR) is 101 cm³/mol. The van der Waals surface area contributed by atoms with Gasteiger partial charge in [0.1, 0.15) is 5.75 Å². The van der Waals surface area contributed by atoms with Crippen LogP contribution in [0.1, 0.15) is 11.1 Å². The van der Waals surface area contributed by atoms with Crippen LogP contribution >= 0.6 is 0 Å². The predicted octanol–water partition coefficient (Wildman–Crippen LogP) is 1.67. The molecule has 0 bridgehead atoms. The third kappa shape index (κ3) is 5.53. The summed E-state index contributed by atoms with van der Waals surface area (Å²) in [5.41, 5.74) is 7.32. The molecular formula is C19H23N3O5. The van der Waals surface area contributed by atoms with Crippen LogP contribution in [-0.4, -0.2) is 39.7 Å². The lowest BCUT2D eigenvalue weighted by Crippen LogP contribution is -2.27. The number of amides is 1. The molecule has 0 aliphatic carbocycles. The van der Waals surface area contributed by atoms with Crippen molar-refractivity contribution in [1.82, 2.24) is 5.32 Å². The van der Waals surface area contributed by atoms with Crippen LogP contribution in [-0.2, 0) is 16.2 Å². The highest BCUT2D eigenvalue weighted by molar-refractivity contribution is 5.99. The minimum Gasteiger partial charge on any atom is -0.496 e. The fraction of sp³-hybridized carbons (Fsp3) is 0.263. The van der Waals surface area contributed by atoms with Crippen molar-refractivity contribution in [2.45, 2.75) is 6.54 Å². The minimum absolute atomic E-state index is 0.125. The van der Waals surface area contributed by atoms with Gasteiger partial charge in [-0.05, 0) is 29.8 Å². The van der Waals surface area contributed by atoms with Gasteiger partial charge in [-0.15, -0.1) is 0 Å². The average molecular weight is 373 g/mol. The monoisotopic (exact) mass is 373 g/mol. The maximum absolute atomic E-state index is 11.9. The van der Waals surface area contributed by atoms with E-state index in [4.69, 9.17) is 24.8 Å². The number of ether oxygens (including phenoxy) is 3. The average Bonchev–Trinajstić information content (AvgIpc) is 2.71. The second-order valence-electron chi connectivity index (χ2n) is 5.42. The van der Waals surface area contributed by atoms with Gasteiger partial charge in [0, 0.05) is 6.54 Å². The molecule has 0 aromatic heterocycles. The van der Waals surface area contributed by atoms with Crippen LogP contribution < -0.4 is 25.3 Å². The molecule has 0 spiro atoms. The topological polar surface area (TPSA) is 104 Å². The van der Waals surface area contributed by atoms with Gasteiger partial charge in [0.15, 0.2) is 23.9 Å². The van der Waals surface area contributed by atoms with Crippen molar-refractivity contribution in [2.24, 2.45) is 10.9 Å². The molecule has 144 valence electrons. The van der Waals surface area contributed by atoms with Gasteiger partial charge in [0.25, 0.3) is 5.91 Å². The molecule has 0 saturated heterocycles. The van der Waals surface area contributed by atoms with E-state index in [-0.39, 0.29) is 18.3 Å². The Bertz CT molecular complexity index is 808. The summed E-state index contributed by atoms with van der Waals surface area (Å²) in [5.74, 6) is 1.58. The zero-order chi connectivity index (χ0) is 19.6. The highest BCUT2D eigenvalue weighted by Gasteiger charge is 2.08. The summed E-state index contributed by atoms with van der Waals surface area (Å²) < 4.78 is 15.6. The third-order valence-electron chi connectivity index (χ3n) is 3.68. The molecule has 0 aliphatic heterocycles. The molecule has 2 rings (SSSR count). The molecule has 8 heteroatoms. The van der Waals surface area contributed by atoms with Gasteiger partial charge in [-0.3, -0.25) is 4.79 Å². The third-order valence-corrected chi connectivity index (χ3v) is 3.68. The summed E-state index contributed by atoms with van der Waals surface area (Å²) in [6.45, 7) is 0.0530. The highest BCUT2D eigenvalue weighted by Crippen LogP contribution is 2.27. The van der Waals surface area contributed by atoms with Crippen molar-refractivity contribution >= 4 is 11.7 Å². The summed E-state index contributed by atoms with van der Waals surface area (Å²) in [6, 6.07) is 12.5. The van der Waals surface area contributed by atoms with E-state index in [0.29, 0.717) is 29.4 Å². The number of hydrogen-bond acceptors (Lipinski definition) is 6. The zero-order valence-corrected chi connectivity index (χ0v) is 15.5. The number of carbonyl (C=O) groups is 1. The van der Waals surface area contributed by atoms with E-state index in [2.05, 4.69) is 10.5 Å². The number of para-hydroxylation sites is 1. The first-order valence-electron chi connectivity index (χ1n) is 8.15. The van der Waals surface area contributed by atoms with E-state index in [1.165, 1.54) is 7.11 Å². The molecule has 0 aliphatic rings. The normalized spacial score (nSPS) is 10.9. The molecule has 0 unspecified atom stereocenters. The van der Waals surface area contributed by atoms with E-state index in [0.717, 1.165) is 5.56 Å². The quantitative estimate of drug-likeness (QED) is 0.394. The summed E-state index contributed by atoms with van der Waals surface area (Å²) in [5, 5.41) is 6.49. The number of nitrogens with zero attached hydrogens (tertiary/aromatic N) is 1. The van der Waals surface area contributed by atoms with Crippen LogP contribution in [0.3, 0.4) is 0 Å². The minimum atomic E-state index is -0.332. The van der Waals surface area contributed by atoms with E-state index >= 15 is 0 Å². The second-order valence-corrected chi connectivity index (χ2v) is 5.42. The Morgan fingerprint density at radius 1 is 1.00 bits per heavy atom. The summed E-state index contributed by atoms with van der Waals surface area (Å²) in [7, 11) is 4.65. The van der Waals surface area contributed by atoms with Crippen molar-refractivity contribution in [1.29, 1.82) is 0 Å². The first-order valence-corrected chi connectivity index (χ1v) is 8.15. The lowest BCUT2D eigenvalue weighted by atomic mass is 10.2. The molecule has 1 amide bonds. The number of oxime groups is 1. The molecule has 2 aromatic carbocycles. The SMILES string of the molecule is COc1ccc(CNC(=O)CO/N=C(/N)c2ccccc2OC)cc1OC. The number of nitrogens with one attached hydrogen (secondary N) is 1. The first kappa shape index (κ1) is 19.9. The second kappa shape index (κ2) is 9.91. The van der Waals surface area contributed by atoms with Crippen LogP contribution in [0.4, 0.5) is 0 Å². The van der Waals surface area contributed by atoms with E-state index in [9.17, 15) is 4.79 Å². The van der Waals surface area contributed by atoms with Crippen molar-refractivity contribution in [3.63, 3.8) is 0 Å². The molecule has 27 heavy (non-hydrogen) atoms. The summed E-state index contributed by atoms with van der Waals surface area (Å²) in [4.78, 5) is 16.9. The van der Waals surface area contributed by atoms with Gasteiger partial charge in [-0.1, -0.05) is 23.4 Å². The number of rotatable bonds is 9. The summed E-state index contributed by atoms with van der Waals surface area (Å²) >= 11 is 0. The Balaban J connectivity index is 1.86. The van der Waals surface area contributed by atoms with E-state index < -0.39 is 0 Å². The van der Waals surface area contributed by atoms with Crippen molar-refractivity contribution in [3.8, 4) is 17.2 Å². The Hall–Kier alpha value is -3.42. The first-order chi connectivity index (χ1) is 13.1. The van der Waals surface area contributed by atoms with Crippen LogP contribution in [0.2, 0.25) is 0 Å². The largest absolute Gasteiger partial charge is 0.496 e. The number of amidine groups is 1. The Labute approximate surface area is 157 Å². The zero-order valence-electron chi connectivity index (χ0n) is 15.5. The van der Waals surface area contributed by atoms with Crippen molar-refractivity contribution in [2.75, 3.05) is 27.9 Å². The molecule has 3 N–H and O–H groups in total. The molecule has 0 saturated carbocycles. The maximum atomic E-state index is 11.9. The van der Waals surface area contributed by atoms with Gasteiger partial charge >= 0.3 is 0 Å². The van der Waals surface area contributed by atoms with Crippen LogP contribution in [0.5, 0.6) is 17.2 Å². The fourth-order valence-electron chi connectivity index (χ4n) is 2.31. The van der Waals surface area contributed by atoms with Crippen LogP contribution in [0.25, 0.3) is 0 Å². The van der Waals surface area contributed by atoms with Crippen LogP contribution in [0.15, 0.2) is 47.6 Å². The Kier molecular flexibility index (Phi) is 7.30. The molecular weight excluding hydrogens is 350 g/mol. The standard InChI is InChI=1S/C19H23N3O5/c1-24-15-7-5-4-6-14(15)19(20)22-27-12-18(23)21-11-13-8-9-16(25-2)17(10-13)26-3/h4-10H,11-12H2,1-3H3,(H2,20,22)(H,21,23). The Morgan fingerprint density at radius 2 is 1.70 bits per heavy atom.